The van der Waals surface area contributed by atoms with E-state index in [2.05, 4.69) is 22.0 Å². The third-order valence-electron chi connectivity index (χ3n) is 4.88. The van der Waals surface area contributed by atoms with Gasteiger partial charge in [-0.05, 0) is 55.0 Å². The fraction of sp³-hybridized carbons (Fsp3) is 0.174. The zero-order valence-corrected chi connectivity index (χ0v) is 20.9. The van der Waals surface area contributed by atoms with Crippen LogP contribution in [0.2, 0.25) is 0 Å². The fourth-order valence-electron chi connectivity index (χ4n) is 3.40. The molecule has 35 heavy (non-hydrogen) atoms. The zero-order chi connectivity index (χ0) is 25.8. The van der Waals surface area contributed by atoms with Crippen LogP contribution in [0, 0.1) is 5.82 Å². The van der Waals surface area contributed by atoms with Crippen LogP contribution >= 0.6 is 0 Å². The van der Waals surface area contributed by atoms with Crippen LogP contribution in [0.3, 0.4) is 0 Å². The monoisotopic (exact) mass is 517 g/mol. The summed E-state index contributed by atoms with van der Waals surface area (Å²) in [6, 6.07) is 8.82. The third-order valence-corrected chi connectivity index (χ3v) is 7.76. The van der Waals surface area contributed by atoms with E-state index in [4.69, 9.17) is 0 Å². The number of nitrogens with zero attached hydrogens (tertiary/aromatic N) is 4. The first-order chi connectivity index (χ1) is 16.6. The molecule has 12 heteroatoms. The van der Waals surface area contributed by atoms with Crippen LogP contribution in [0.5, 0.6) is 0 Å². The van der Waals surface area contributed by atoms with E-state index in [1.165, 1.54) is 36.8 Å². The largest absolute Gasteiger partial charge is 0.348 e. The minimum atomic E-state index is -3.81. The molecule has 9 nitrogen and oxygen atoms in total. The van der Waals surface area contributed by atoms with Crippen LogP contribution < -0.4 is 9.03 Å². The van der Waals surface area contributed by atoms with E-state index in [0.717, 1.165) is 6.26 Å². The van der Waals surface area contributed by atoms with Crippen LogP contribution in [0.25, 0.3) is 17.3 Å². The molecule has 1 amide bonds. The van der Waals surface area contributed by atoms with Crippen LogP contribution in [0.15, 0.2) is 61.4 Å². The Labute approximate surface area is 205 Å². The summed E-state index contributed by atoms with van der Waals surface area (Å²) < 4.78 is 51.5. The van der Waals surface area contributed by atoms with Crippen molar-refractivity contribution in [2.75, 3.05) is 16.2 Å². The normalized spacial score (nSPS) is 12.7. The maximum Gasteiger partial charge on any atom is 0.251 e. The maximum atomic E-state index is 13.3. The highest BCUT2D eigenvalue weighted by Crippen LogP contribution is 2.24. The van der Waals surface area contributed by atoms with E-state index < -0.39 is 26.9 Å². The van der Waals surface area contributed by atoms with Gasteiger partial charge < -0.3 is 5.32 Å². The van der Waals surface area contributed by atoms with Crippen molar-refractivity contribution >= 4 is 44.4 Å². The van der Waals surface area contributed by atoms with Crippen LogP contribution in [0.4, 0.5) is 10.2 Å². The number of amides is 1. The smallest absolute Gasteiger partial charge is 0.251 e. The summed E-state index contributed by atoms with van der Waals surface area (Å²) in [7, 11) is -5.66. The molecule has 0 aliphatic heterocycles. The summed E-state index contributed by atoms with van der Waals surface area (Å²) in [4.78, 5) is 17.0. The molecular weight excluding hydrogens is 493 g/mol. The van der Waals surface area contributed by atoms with Crippen molar-refractivity contribution in [2.24, 2.45) is 0 Å². The van der Waals surface area contributed by atoms with Gasteiger partial charge in [0.25, 0.3) is 5.91 Å². The average Bonchev–Trinajstić information content (AvgIpc) is 3.21. The van der Waals surface area contributed by atoms with Gasteiger partial charge in [-0.1, -0.05) is 12.7 Å². The molecule has 0 radical (unpaired) electrons. The molecule has 2 aromatic heterocycles. The molecule has 0 saturated carbocycles. The van der Waals surface area contributed by atoms with E-state index in [1.807, 2.05) is 0 Å². The van der Waals surface area contributed by atoms with Crippen molar-refractivity contribution in [3.63, 3.8) is 0 Å². The highest BCUT2D eigenvalue weighted by Gasteiger charge is 2.23. The Morgan fingerprint density at radius 2 is 1.97 bits per heavy atom. The molecule has 3 aromatic rings. The summed E-state index contributed by atoms with van der Waals surface area (Å²) >= 11 is 0. The summed E-state index contributed by atoms with van der Waals surface area (Å²) in [6.07, 6.45) is 8.27. The zero-order valence-electron chi connectivity index (χ0n) is 19.3. The van der Waals surface area contributed by atoms with Gasteiger partial charge in [-0.25, -0.2) is 26.7 Å². The number of hydrogen-bond donors (Lipinski definition) is 1. The second-order valence-electron chi connectivity index (χ2n) is 7.36. The summed E-state index contributed by atoms with van der Waals surface area (Å²) in [5.41, 5.74) is 2.60. The first-order valence-electron chi connectivity index (χ1n) is 10.3. The topological polar surface area (TPSA) is 114 Å². The number of pyridine rings is 1. The number of rotatable bonds is 9. The van der Waals surface area contributed by atoms with Gasteiger partial charge in [0.1, 0.15) is 16.8 Å². The molecular formula is C23H24FN5O4S2. The summed E-state index contributed by atoms with van der Waals surface area (Å²) in [5.74, 6) is -0.786. The molecule has 1 N–H and O–H groups in total. The average molecular weight is 518 g/mol. The Balaban J connectivity index is 1.83. The lowest BCUT2D eigenvalue weighted by Crippen LogP contribution is -2.32. The number of aromatic nitrogens is 3. The summed E-state index contributed by atoms with van der Waals surface area (Å²) in [5, 5.41) is 7.12. The van der Waals surface area contributed by atoms with Gasteiger partial charge in [-0.15, -0.1) is 0 Å². The minimum absolute atomic E-state index is 0.0131. The highest BCUT2D eigenvalue weighted by molar-refractivity contribution is 8.06. The number of hydrogen-bond acceptors (Lipinski definition) is 6. The number of benzene rings is 1. The van der Waals surface area contributed by atoms with Crippen molar-refractivity contribution in [1.29, 1.82) is 0 Å². The number of allylic oxidation sites excluding steroid dienone is 1. The lowest BCUT2D eigenvalue weighted by molar-refractivity contribution is -0.115. The number of carbonyl (C=O) groups excluding carboxylic acids is 1. The van der Waals surface area contributed by atoms with Crippen molar-refractivity contribution in [3.8, 4) is 5.69 Å². The van der Waals surface area contributed by atoms with Crippen molar-refractivity contribution < 1.29 is 21.8 Å². The Kier molecular flexibility index (Phi) is 7.97. The number of nitrogens with one attached hydrogen (secondary N) is 1. The Bertz CT molecular complexity index is 1420. The van der Waals surface area contributed by atoms with E-state index in [1.54, 1.807) is 42.0 Å². The maximum absolute atomic E-state index is 13.3. The molecule has 3 rings (SSSR count). The molecule has 1 unspecified atom stereocenters. The molecule has 0 aliphatic carbocycles. The van der Waals surface area contributed by atoms with Gasteiger partial charge in [0.05, 0.1) is 23.8 Å². The molecule has 184 valence electrons. The Morgan fingerprint density at radius 1 is 1.29 bits per heavy atom. The fourth-order valence-corrected chi connectivity index (χ4v) is 5.73. The van der Waals surface area contributed by atoms with Gasteiger partial charge in [0, 0.05) is 30.1 Å². The molecule has 1 aromatic carbocycles. The first kappa shape index (κ1) is 26.0. The third kappa shape index (κ3) is 5.89. The quantitative estimate of drug-likeness (QED) is 0.437. The molecule has 1 atom stereocenters. The second kappa shape index (κ2) is 10.7. The van der Waals surface area contributed by atoms with Gasteiger partial charge in [0.15, 0.2) is 5.82 Å². The minimum Gasteiger partial charge on any atom is -0.348 e. The standard InChI is InChI=1S/C23H24FN5O4S2/c1-5-19(20-15-27-28(21(20)6-2)18-9-7-17(24)8-10-18)23(30)26-14-16-11-12-25-22(13-16)29(34(3)31)35(4,32)33/h5-13,15H,2,14H2,1,3-4H3,(H,26,30)/b19-5+. The number of halogens is 1. The Hall–Kier alpha value is -3.64. The molecule has 2 heterocycles. The van der Waals surface area contributed by atoms with Gasteiger partial charge in [-0.2, -0.15) is 8.81 Å². The van der Waals surface area contributed by atoms with Crippen molar-refractivity contribution in [3.05, 3.63) is 84.1 Å². The number of carbonyl (C=O) groups is 1. The lowest BCUT2D eigenvalue weighted by atomic mass is 10.1. The van der Waals surface area contributed by atoms with Crippen LogP contribution in [-0.2, 0) is 32.3 Å². The van der Waals surface area contributed by atoms with Crippen molar-refractivity contribution in [2.45, 2.75) is 13.5 Å². The second-order valence-corrected chi connectivity index (χ2v) is 10.6. The van der Waals surface area contributed by atoms with Gasteiger partial charge in [-0.3, -0.25) is 4.79 Å². The molecule has 0 aliphatic rings. The SMILES string of the molecule is C=Cc1c(/C(=C\C)C(=O)NCc2ccnc(N(S(C)=O)S(C)(=O)=O)c2)cnn1-c1ccc(F)cc1. The first-order valence-corrected chi connectivity index (χ1v) is 13.6. The van der Waals surface area contributed by atoms with E-state index >= 15 is 0 Å². The van der Waals surface area contributed by atoms with Crippen LogP contribution in [0.1, 0.15) is 23.7 Å². The van der Waals surface area contributed by atoms with Gasteiger partial charge in [0.2, 0.25) is 10.0 Å². The van der Waals surface area contributed by atoms with E-state index in [9.17, 15) is 21.8 Å². The predicted molar refractivity (Wildman–Crippen MR) is 135 cm³/mol. The van der Waals surface area contributed by atoms with Crippen molar-refractivity contribution in [1.82, 2.24) is 20.1 Å². The number of sulfonamides is 1. The predicted octanol–water partition coefficient (Wildman–Crippen LogP) is 2.83. The Morgan fingerprint density at radius 3 is 2.54 bits per heavy atom. The summed E-state index contributed by atoms with van der Waals surface area (Å²) in [6.45, 7) is 5.59. The van der Waals surface area contributed by atoms with E-state index in [-0.39, 0.29) is 18.2 Å². The molecule has 0 saturated heterocycles. The number of anilines is 1. The van der Waals surface area contributed by atoms with Crippen LogP contribution in [-0.4, -0.2) is 45.8 Å². The van der Waals surface area contributed by atoms with Gasteiger partial charge >= 0.3 is 0 Å². The lowest BCUT2D eigenvalue weighted by Gasteiger charge is -2.18. The molecule has 0 fully saturated rings. The molecule has 0 spiro atoms. The molecule has 0 bridgehead atoms. The van der Waals surface area contributed by atoms with E-state index in [0.29, 0.717) is 31.8 Å². The highest BCUT2D eigenvalue weighted by atomic mass is 32.3.